The maximum absolute atomic E-state index is 13.0. The average Bonchev–Trinajstić information content (AvgIpc) is 3.28. The van der Waals surface area contributed by atoms with E-state index in [1.165, 1.54) is 40.5 Å². The minimum atomic E-state index is -0.475. The van der Waals surface area contributed by atoms with E-state index in [9.17, 15) is 19.3 Å². The fourth-order valence-electron chi connectivity index (χ4n) is 2.93. The summed E-state index contributed by atoms with van der Waals surface area (Å²) in [7, 11) is 0. The Labute approximate surface area is 151 Å². The van der Waals surface area contributed by atoms with E-state index in [4.69, 9.17) is 0 Å². The van der Waals surface area contributed by atoms with Gasteiger partial charge in [0.05, 0.1) is 10.6 Å². The van der Waals surface area contributed by atoms with E-state index in [-0.39, 0.29) is 23.1 Å². The zero-order chi connectivity index (χ0) is 18.3. The number of nitro benzene ring substituents is 1. The lowest BCUT2D eigenvalue weighted by molar-refractivity contribution is -0.384. The summed E-state index contributed by atoms with van der Waals surface area (Å²) in [5.41, 5.74) is 2.41. The number of thiazole rings is 1. The molecule has 0 bridgehead atoms. The number of hydrogen-bond donors (Lipinski definition) is 0. The summed E-state index contributed by atoms with van der Waals surface area (Å²) in [6.45, 7) is 0.457. The number of carbonyl (C=O) groups is 1. The van der Waals surface area contributed by atoms with Gasteiger partial charge in [-0.25, -0.2) is 9.37 Å². The first-order chi connectivity index (χ1) is 12.5. The number of carbonyl (C=O) groups excluding carboxylic acids is 1. The summed E-state index contributed by atoms with van der Waals surface area (Å²) < 4.78 is 13.0. The van der Waals surface area contributed by atoms with Gasteiger partial charge in [0.25, 0.3) is 11.6 Å². The van der Waals surface area contributed by atoms with Crippen molar-refractivity contribution in [1.82, 2.24) is 4.98 Å². The third-order valence-corrected chi connectivity index (χ3v) is 5.13. The van der Waals surface area contributed by atoms with Gasteiger partial charge in [-0.2, -0.15) is 0 Å². The smallest absolute Gasteiger partial charge is 0.277 e. The Morgan fingerprint density at radius 3 is 2.73 bits per heavy atom. The van der Waals surface area contributed by atoms with Gasteiger partial charge in [-0.1, -0.05) is 6.07 Å². The third-order valence-electron chi connectivity index (χ3n) is 4.23. The highest BCUT2D eigenvalue weighted by atomic mass is 32.1. The molecule has 1 aliphatic heterocycles. The van der Waals surface area contributed by atoms with Crippen LogP contribution in [-0.2, 0) is 6.42 Å². The highest BCUT2D eigenvalue weighted by Gasteiger charge is 2.28. The second-order valence-corrected chi connectivity index (χ2v) is 6.68. The highest BCUT2D eigenvalue weighted by Crippen LogP contribution is 2.33. The summed E-state index contributed by atoms with van der Waals surface area (Å²) in [6, 6.07) is 10.5. The van der Waals surface area contributed by atoms with E-state index in [1.54, 1.807) is 23.6 Å². The molecule has 2 aromatic carbocycles. The highest BCUT2D eigenvalue weighted by molar-refractivity contribution is 7.13. The van der Waals surface area contributed by atoms with Crippen LogP contribution in [0.5, 0.6) is 0 Å². The lowest BCUT2D eigenvalue weighted by Crippen LogP contribution is -2.29. The second kappa shape index (κ2) is 6.30. The normalized spacial score (nSPS) is 12.9. The van der Waals surface area contributed by atoms with Gasteiger partial charge in [-0.3, -0.25) is 14.9 Å². The molecular weight excluding hydrogens is 357 g/mol. The Morgan fingerprint density at radius 1 is 1.23 bits per heavy atom. The quantitative estimate of drug-likeness (QED) is 0.515. The molecule has 0 atom stereocenters. The third kappa shape index (κ3) is 2.84. The predicted molar refractivity (Wildman–Crippen MR) is 96.0 cm³/mol. The van der Waals surface area contributed by atoms with Crippen molar-refractivity contribution >= 4 is 28.6 Å². The summed E-state index contributed by atoms with van der Waals surface area (Å²) in [6.07, 6.45) is 0.647. The summed E-state index contributed by atoms with van der Waals surface area (Å²) in [5, 5.41) is 13.3. The molecule has 1 aliphatic rings. The molecule has 130 valence electrons. The van der Waals surface area contributed by atoms with E-state index < -0.39 is 4.92 Å². The molecule has 6 nitrogen and oxygen atoms in total. The molecule has 0 saturated carbocycles. The van der Waals surface area contributed by atoms with Crippen molar-refractivity contribution < 1.29 is 14.1 Å². The number of nitrogens with zero attached hydrogens (tertiary/aromatic N) is 3. The van der Waals surface area contributed by atoms with Gasteiger partial charge in [-0.05, 0) is 36.2 Å². The minimum Gasteiger partial charge on any atom is -0.306 e. The topological polar surface area (TPSA) is 76.3 Å². The predicted octanol–water partition coefficient (Wildman–Crippen LogP) is 4.06. The van der Waals surface area contributed by atoms with E-state index in [0.29, 0.717) is 23.7 Å². The van der Waals surface area contributed by atoms with Gasteiger partial charge < -0.3 is 4.90 Å². The molecule has 8 heteroatoms. The Morgan fingerprint density at radius 2 is 2.00 bits per heavy atom. The van der Waals surface area contributed by atoms with Crippen LogP contribution < -0.4 is 4.90 Å². The Hall–Kier alpha value is -3.13. The minimum absolute atomic E-state index is 0.0475. The van der Waals surface area contributed by atoms with Crippen LogP contribution in [0.15, 0.2) is 47.8 Å². The molecular formula is C18H12FN3O3S. The van der Waals surface area contributed by atoms with E-state index in [0.717, 1.165) is 11.1 Å². The van der Waals surface area contributed by atoms with Crippen LogP contribution in [0.1, 0.15) is 16.1 Å². The number of amides is 1. The lowest BCUT2D eigenvalue weighted by atomic mass is 10.1. The van der Waals surface area contributed by atoms with Crippen LogP contribution in [0.4, 0.5) is 15.8 Å². The Kier molecular flexibility index (Phi) is 3.96. The molecule has 2 heterocycles. The molecule has 0 saturated heterocycles. The van der Waals surface area contributed by atoms with Gasteiger partial charge in [-0.15, -0.1) is 11.3 Å². The number of benzene rings is 2. The van der Waals surface area contributed by atoms with Crippen LogP contribution >= 0.6 is 11.3 Å². The van der Waals surface area contributed by atoms with Crippen LogP contribution in [0, 0.1) is 15.9 Å². The molecule has 0 fully saturated rings. The fourth-order valence-corrected chi connectivity index (χ4v) is 3.73. The van der Waals surface area contributed by atoms with Gasteiger partial charge >= 0.3 is 0 Å². The summed E-state index contributed by atoms with van der Waals surface area (Å²) in [5.74, 6) is -0.634. The number of hydrogen-bond acceptors (Lipinski definition) is 5. The second-order valence-electron chi connectivity index (χ2n) is 5.82. The molecule has 3 aromatic rings. The van der Waals surface area contributed by atoms with Gasteiger partial charge in [0.2, 0.25) is 0 Å². The van der Waals surface area contributed by atoms with Crippen molar-refractivity contribution in [3.05, 3.63) is 75.0 Å². The van der Waals surface area contributed by atoms with Crippen LogP contribution in [0.25, 0.3) is 10.6 Å². The fraction of sp³-hybridized carbons (Fsp3) is 0.111. The number of rotatable bonds is 3. The largest absolute Gasteiger partial charge is 0.306 e. The van der Waals surface area contributed by atoms with Gasteiger partial charge in [0.1, 0.15) is 16.5 Å². The van der Waals surface area contributed by atoms with Crippen molar-refractivity contribution in [2.75, 3.05) is 11.4 Å². The number of aromatic nitrogens is 1. The van der Waals surface area contributed by atoms with Crippen LogP contribution in [-0.4, -0.2) is 22.4 Å². The standard InChI is InChI=1S/C18H12FN3O3S/c19-13-4-1-12(2-5-13)17-20-15(10-26-17)18(23)21-8-7-11-3-6-14(22(24)25)9-16(11)21/h1-6,9-10H,7-8H2. The number of fused-ring (bicyclic) bond motifs is 1. The maximum atomic E-state index is 13.0. The van der Waals surface area contributed by atoms with Gasteiger partial charge in [0, 0.05) is 29.6 Å². The molecule has 4 rings (SSSR count). The number of anilines is 1. The van der Waals surface area contributed by atoms with Crippen molar-refractivity contribution in [2.45, 2.75) is 6.42 Å². The molecule has 1 amide bonds. The number of nitro groups is 1. The zero-order valence-electron chi connectivity index (χ0n) is 13.4. The van der Waals surface area contributed by atoms with Crippen molar-refractivity contribution in [2.24, 2.45) is 0 Å². The monoisotopic (exact) mass is 369 g/mol. The number of non-ortho nitro benzene ring substituents is 1. The SMILES string of the molecule is O=C(c1csc(-c2ccc(F)cc2)n1)N1CCc2ccc([N+](=O)[O-])cc21. The first kappa shape index (κ1) is 16.3. The van der Waals surface area contributed by atoms with Crippen molar-refractivity contribution in [1.29, 1.82) is 0 Å². The first-order valence-electron chi connectivity index (χ1n) is 7.83. The van der Waals surface area contributed by atoms with E-state index >= 15 is 0 Å². The molecule has 0 unspecified atom stereocenters. The Bertz CT molecular complexity index is 1020. The molecule has 1 aromatic heterocycles. The molecule has 26 heavy (non-hydrogen) atoms. The van der Waals surface area contributed by atoms with E-state index in [2.05, 4.69) is 4.98 Å². The number of halogens is 1. The van der Waals surface area contributed by atoms with E-state index in [1.807, 2.05) is 0 Å². The van der Waals surface area contributed by atoms with Crippen LogP contribution in [0.3, 0.4) is 0 Å². The molecule has 0 spiro atoms. The molecule has 0 N–H and O–H groups in total. The lowest BCUT2D eigenvalue weighted by Gasteiger charge is -2.15. The van der Waals surface area contributed by atoms with Gasteiger partial charge in [0.15, 0.2) is 0 Å². The average molecular weight is 369 g/mol. The maximum Gasteiger partial charge on any atom is 0.277 e. The van der Waals surface area contributed by atoms with Crippen molar-refractivity contribution in [3.8, 4) is 10.6 Å². The van der Waals surface area contributed by atoms with Crippen LogP contribution in [0.2, 0.25) is 0 Å². The Balaban J connectivity index is 1.63. The summed E-state index contributed by atoms with van der Waals surface area (Å²) >= 11 is 1.30. The molecule has 0 radical (unpaired) electrons. The molecule has 0 aliphatic carbocycles. The summed E-state index contributed by atoms with van der Waals surface area (Å²) in [4.78, 5) is 29.2. The van der Waals surface area contributed by atoms with Crippen molar-refractivity contribution in [3.63, 3.8) is 0 Å². The first-order valence-corrected chi connectivity index (χ1v) is 8.71. The zero-order valence-corrected chi connectivity index (χ0v) is 14.2.